The molecule has 5 nitrogen and oxygen atoms in total. The third-order valence-electron chi connectivity index (χ3n) is 5.50. The summed E-state index contributed by atoms with van der Waals surface area (Å²) in [4.78, 5) is 19.1. The average molecular weight is 411 g/mol. The van der Waals surface area contributed by atoms with Gasteiger partial charge < -0.3 is 10.6 Å². The van der Waals surface area contributed by atoms with E-state index in [0.29, 0.717) is 23.3 Å². The molecule has 30 heavy (non-hydrogen) atoms. The fourth-order valence-electron chi connectivity index (χ4n) is 3.97. The Morgan fingerprint density at radius 1 is 1.20 bits per heavy atom. The van der Waals surface area contributed by atoms with E-state index in [1.165, 1.54) is 12.3 Å². The number of aryl methyl sites for hydroxylation is 1. The highest BCUT2D eigenvalue weighted by Gasteiger charge is 2.31. The van der Waals surface area contributed by atoms with Crippen LogP contribution in [0.3, 0.4) is 0 Å². The van der Waals surface area contributed by atoms with Crippen LogP contribution in [0.1, 0.15) is 44.7 Å². The number of carbonyl (C=O) groups is 1. The van der Waals surface area contributed by atoms with Crippen LogP contribution in [0.4, 0.5) is 21.5 Å². The fourth-order valence-corrected chi connectivity index (χ4v) is 3.97. The molecule has 0 bridgehead atoms. The second kappa shape index (κ2) is 9.39. The number of halogens is 1. The molecule has 160 valence electrons. The molecule has 0 saturated carbocycles. The average Bonchev–Trinajstić information content (AvgIpc) is 3.00. The molecule has 1 aliphatic rings. The zero-order valence-electron chi connectivity index (χ0n) is 18.4. The second-order valence-electron chi connectivity index (χ2n) is 8.30. The van der Waals surface area contributed by atoms with Gasteiger partial charge in [0.2, 0.25) is 5.91 Å². The van der Waals surface area contributed by atoms with Gasteiger partial charge in [0.05, 0.1) is 5.69 Å². The van der Waals surface area contributed by atoms with Gasteiger partial charge in [0.1, 0.15) is 11.7 Å². The third kappa shape index (κ3) is 4.87. The van der Waals surface area contributed by atoms with Gasteiger partial charge in [-0.1, -0.05) is 6.07 Å². The summed E-state index contributed by atoms with van der Waals surface area (Å²) >= 11 is 0. The van der Waals surface area contributed by atoms with Crippen molar-refractivity contribution in [3.63, 3.8) is 0 Å². The van der Waals surface area contributed by atoms with E-state index in [2.05, 4.69) is 48.2 Å². The summed E-state index contributed by atoms with van der Waals surface area (Å²) in [5.41, 5.74) is 3.76. The van der Waals surface area contributed by atoms with E-state index in [0.717, 1.165) is 30.0 Å². The van der Waals surface area contributed by atoms with Gasteiger partial charge in [-0.15, -0.1) is 0 Å². The van der Waals surface area contributed by atoms with Crippen molar-refractivity contribution in [2.75, 3.05) is 23.7 Å². The number of fused-ring (bicyclic) bond motifs is 1. The Bertz CT molecular complexity index is 931. The molecule has 1 amide bonds. The lowest BCUT2D eigenvalue weighted by molar-refractivity contribution is -0.115. The summed E-state index contributed by atoms with van der Waals surface area (Å²) in [5.74, 6) is -1.36. The molecule has 1 heterocycles. The van der Waals surface area contributed by atoms with Crippen molar-refractivity contribution in [2.24, 2.45) is 4.99 Å². The Kier molecular flexibility index (Phi) is 6.87. The van der Waals surface area contributed by atoms with E-state index in [1.807, 2.05) is 25.1 Å². The molecule has 0 saturated heterocycles. The highest BCUT2D eigenvalue weighted by Crippen LogP contribution is 2.34. The Balaban J connectivity index is 1.66. The van der Waals surface area contributed by atoms with Crippen molar-refractivity contribution in [3.05, 3.63) is 53.3 Å². The molecule has 2 aromatic carbocycles. The maximum Gasteiger partial charge on any atom is 0.237 e. The summed E-state index contributed by atoms with van der Waals surface area (Å²) in [6.07, 6.45) is 1.52. The highest BCUT2D eigenvalue weighted by molar-refractivity contribution is 6.12. The van der Waals surface area contributed by atoms with E-state index < -0.39 is 11.7 Å². The van der Waals surface area contributed by atoms with Crippen molar-refractivity contribution in [2.45, 2.75) is 52.6 Å². The number of hydrogen-bond acceptors (Lipinski definition) is 4. The number of aliphatic imine (C=N–C) groups is 1. The predicted molar refractivity (Wildman–Crippen MR) is 123 cm³/mol. The van der Waals surface area contributed by atoms with Gasteiger partial charge in [-0.25, -0.2) is 4.39 Å². The lowest BCUT2D eigenvalue weighted by Gasteiger charge is -2.30. The number of benzene rings is 2. The first-order valence-corrected chi connectivity index (χ1v) is 10.5. The van der Waals surface area contributed by atoms with E-state index in [-0.39, 0.29) is 5.91 Å². The monoisotopic (exact) mass is 410 g/mol. The molecule has 0 radical (unpaired) electrons. The summed E-state index contributed by atoms with van der Waals surface area (Å²) in [5, 5.41) is 6.21. The van der Waals surface area contributed by atoms with E-state index in [9.17, 15) is 9.18 Å². The second-order valence-corrected chi connectivity index (χ2v) is 8.30. The molecule has 0 fully saturated rings. The summed E-state index contributed by atoms with van der Waals surface area (Å²) in [6.45, 7) is 12.7. The van der Waals surface area contributed by atoms with Gasteiger partial charge in [0.25, 0.3) is 0 Å². The number of nitrogens with one attached hydrogen (secondary N) is 2. The third-order valence-corrected chi connectivity index (χ3v) is 5.50. The number of rotatable bonds is 8. The maximum atomic E-state index is 14.2. The first kappa shape index (κ1) is 22.0. The van der Waals surface area contributed by atoms with Crippen LogP contribution in [0.2, 0.25) is 0 Å². The molecule has 3 rings (SSSR count). The van der Waals surface area contributed by atoms with Crippen molar-refractivity contribution in [1.82, 2.24) is 4.90 Å². The molecule has 2 N–H and O–H groups in total. The smallest absolute Gasteiger partial charge is 0.237 e. The number of nitrogens with zero attached hydrogens (tertiary/aromatic N) is 2. The van der Waals surface area contributed by atoms with E-state index in [1.54, 1.807) is 12.1 Å². The lowest BCUT2D eigenvalue weighted by atomic mass is 10.0. The Morgan fingerprint density at radius 2 is 1.93 bits per heavy atom. The van der Waals surface area contributed by atoms with Crippen molar-refractivity contribution >= 4 is 29.2 Å². The van der Waals surface area contributed by atoms with Gasteiger partial charge in [0.15, 0.2) is 0 Å². The molecular weight excluding hydrogens is 379 g/mol. The minimum absolute atomic E-state index is 0.256. The molecule has 2 aromatic rings. The maximum absolute atomic E-state index is 14.2. The minimum Gasteiger partial charge on any atom is -0.384 e. The largest absolute Gasteiger partial charge is 0.384 e. The Hall–Kier alpha value is -2.73. The Morgan fingerprint density at radius 3 is 2.60 bits per heavy atom. The molecule has 6 heteroatoms. The fraction of sp³-hybridized carbons (Fsp3) is 0.417. The first-order chi connectivity index (χ1) is 14.3. The summed E-state index contributed by atoms with van der Waals surface area (Å²) in [6, 6.07) is 11.5. The highest BCUT2D eigenvalue weighted by atomic mass is 19.1. The topological polar surface area (TPSA) is 56.7 Å². The van der Waals surface area contributed by atoms with Crippen LogP contribution < -0.4 is 10.6 Å². The van der Waals surface area contributed by atoms with Gasteiger partial charge in [-0.2, -0.15) is 0 Å². The van der Waals surface area contributed by atoms with Crippen LogP contribution >= 0.6 is 0 Å². The first-order valence-electron chi connectivity index (χ1n) is 10.5. The van der Waals surface area contributed by atoms with Crippen molar-refractivity contribution in [1.29, 1.82) is 0 Å². The van der Waals surface area contributed by atoms with Gasteiger partial charge in [0, 0.05) is 48.3 Å². The number of carbonyl (C=O) groups excluding carboxylic acids is 1. The van der Waals surface area contributed by atoms with Crippen LogP contribution in [-0.2, 0) is 4.79 Å². The van der Waals surface area contributed by atoms with Gasteiger partial charge in [-0.05, 0) is 70.5 Å². The van der Waals surface area contributed by atoms with Gasteiger partial charge in [-0.3, -0.25) is 14.7 Å². The SMILES string of the molecule is Cc1cc(N=CC2C(=O)Nc3cccc(F)c32)ccc1NCCN(C(C)C)C(C)C. The zero-order chi connectivity index (χ0) is 21.8. The van der Waals surface area contributed by atoms with Gasteiger partial charge >= 0.3 is 0 Å². The van der Waals surface area contributed by atoms with Crippen LogP contribution in [0.25, 0.3) is 0 Å². The minimum atomic E-state index is -0.711. The predicted octanol–water partition coefficient (Wildman–Crippen LogP) is 5.10. The number of anilines is 2. The normalized spacial score (nSPS) is 16.0. The molecule has 0 aliphatic carbocycles. The molecule has 1 unspecified atom stereocenters. The summed E-state index contributed by atoms with van der Waals surface area (Å²) < 4.78 is 14.2. The molecule has 1 aliphatic heterocycles. The van der Waals surface area contributed by atoms with Crippen molar-refractivity contribution in [3.8, 4) is 0 Å². The number of hydrogen-bond donors (Lipinski definition) is 2. The molecule has 0 spiro atoms. The number of amides is 1. The van der Waals surface area contributed by atoms with Crippen LogP contribution in [0, 0.1) is 12.7 Å². The van der Waals surface area contributed by atoms with Crippen LogP contribution in [0.15, 0.2) is 41.4 Å². The lowest BCUT2D eigenvalue weighted by Crippen LogP contribution is -2.40. The molecule has 0 aromatic heterocycles. The van der Waals surface area contributed by atoms with Crippen LogP contribution in [-0.4, -0.2) is 42.2 Å². The van der Waals surface area contributed by atoms with E-state index >= 15 is 0 Å². The zero-order valence-corrected chi connectivity index (χ0v) is 18.4. The summed E-state index contributed by atoms with van der Waals surface area (Å²) in [7, 11) is 0. The standard InChI is InChI=1S/C24H31FN4O/c1-15(2)29(16(3)4)12-11-26-21-10-9-18(13-17(21)5)27-14-19-23-20(25)7-6-8-22(23)28-24(19)30/h6-10,13-16,19,26H,11-12H2,1-5H3,(H,28,30). The molecule has 1 atom stereocenters. The Labute approximate surface area is 178 Å². The quantitative estimate of drug-likeness (QED) is 0.595. The van der Waals surface area contributed by atoms with Crippen LogP contribution in [0.5, 0.6) is 0 Å². The van der Waals surface area contributed by atoms with Crippen molar-refractivity contribution < 1.29 is 9.18 Å². The molecular formula is C24H31FN4O. The van der Waals surface area contributed by atoms with E-state index in [4.69, 9.17) is 0 Å².